The predicted octanol–water partition coefficient (Wildman–Crippen LogP) is 2.25. The summed E-state index contributed by atoms with van der Waals surface area (Å²) in [5.74, 6) is 0. The lowest BCUT2D eigenvalue weighted by Gasteiger charge is -2.06. The molecular formula is C9H10F3N. The van der Waals surface area contributed by atoms with Crippen molar-refractivity contribution in [3.05, 3.63) is 35.4 Å². The molecular weight excluding hydrogens is 179 g/mol. The molecule has 0 saturated heterocycles. The molecule has 0 aromatic heterocycles. The number of nitrogens with two attached hydrogens (primary N) is 1. The van der Waals surface area contributed by atoms with Crippen LogP contribution in [0.2, 0.25) is 0 Å². The van der Waals surface area contributed by atoms with Gasteiger partial charge >= 0.3 is 6.18 Å². The third-order valence-corrected chi connectivity index (χ3v) is 1.63. The molecule has 0 amide bonds. The van der Waals surface area contributed by atoms with Crippen LogP contribution >= 0.6 is 0 Å². The predicted molar refractivity (Wildman–Crippen MR) is 44.1 cm³/mol. The lowest BCUT2D eigenvalue weighted by Crippen LogP contribution is -2.11. The maximum Gasteiger partial charge on any atom is 0.393 e. The second-order valence-corrected chi connectivity index (χ2v) is 2.82. The minimum Gasteiger partial charge on any atom is -0.326 e. The molecule has 1 aromatic rings. The third-order valence-electron chi connectivity index (χ3n) is 1.63. The van der Waals surface area contributed by atoms with Gasteiger partial charge in [-0.1, -0.05) is 24.3 Å². The van der Waals surface area contributed by atoms with E-state index < -0.39 is 12.6 Å². The average molecular weight is 189 g/mol. The van der Waals surface area contributed by atoms with Crippen molar-refractivity contribution in [2.45, 2.75) is 19.1 Å². The Morgan fingerprint density at radius 2 is 1.77 bits per heavy atom. The minimum atomic E-state index is -4.15. The SMILES string of the molecule is NCc1cccc(CC(F)(F)F)c1. The first-order chi connectivity index (χ1) is 6.01. The number of hydrogen-bond acceptors (Lipinski definition) is 1. The van der Waals surface area contributed by atoms with Crippen molar-refractivity contribution in [3.63, 3.8) is 0 Å². The molecule has 0 spiro atoms. The Bertz CT molecular complexity index is 280. The second kappa shape index (κ2) is 3.79. The van der Waals surface area contributed by atoms with Gasteiger partial charge in [-0.2, -0.15) is 13.2 Å². The molecule has 2 N–H and O–H groups in total. The highest BCUT2D eigenvalue weighted by atomic mass is 19.4. The first-order valence-corrected chi connectivity index (χ1v) is 3.86. The quantitative estimate of drug-likeness (QED) is 0.758. The molecule has 0 saturated carbocycles. The lowest BCUT2D eigenvalue weighted by molar-refractivity contribution is -0.127. The van der Waals surface area contributed by atoms with Gasteiger partial charge < -0.3 is 5.73 Å². The fourth-order valence-corrected chi connectivity index (χ4v) is 1.10. The van der Waals surface area contributed by atoms with Gasteiger partial charge in [0.1, 0.15) is 0 Å². The van der Waals surface area contributed by atoms with Crippen molar-refractivity contribution in [2.75, 3.05) is 0 Å². The summed E-state index contributed by atoms with van der Waals surface area (Å²) in [4.78, 5) is 0. The summed E-state index contributed by atoms with van der Waals surface area (Å²) in [5, 5.41) is 0. The summed E-state index contributed by atoms with van der Waals surface area (Å²) >= 11 is 0. The van der Waals surface area contributed by atoms with Crippen molar-refractivity contribution in [1.82, 2.24) is 0 Å². The number of halogens is 3. The van der Waals surface area contributed by atoms with Gasteiger partial charge in [-0.3, -0.25) is 0 Å². The van der Waals surface area contributed by atoms with Crippen molar-refractivity contribution in [3.8, 4) is 0 Å². The van der Waals surface area contributed by atoms with E-state index in [1.165, 1.54) is 12.1 Å². The highest BCUT2D eigenvalue weighted by molar-refractivity contribution is 5.23. The van der Waals surface area contributed by atoms with Gasteiger partial charge in [0.2, 0.25) is 0 Å². The third kappa shape index (κ3) is 3.46. The summed E-state index contributed by atoms with van der Waals surface area (Å²) in [6.07, 6.45) is -5.03. The van der Waals surface area contributed by atoms with Gasteiger partial charge in [0, 0.05) is 6.54 Å². The summed E-state index contributed by atoms with van der Waals surface area (Å²) in [6, 6.07) is 6.23. The maximum atomic E-state index is 11.9. The van der Waals surface area contributed by atoms with Crippen molar-refractivity contribution < 1.29 is 13.2 Å². The van der Waals surface area contributed by atoms with Crippen LogP contribution in [0, 0.1) is 0 Å². The van der Waals surface area contributed by atoms with Crippen LogP contribution in [0.1, 0.15) is 11.1 Å². The van der Waals surface area contributed by atoms with Crippen molar-refractivity contribution >= 4 is 0 Å². The largest absolute Gasteiger partial charge is 0.393 e. The van der Waals surface area contributed by atoms with E-state index in [-0.39, 0.29) is 12.1 Å². The van der Waals surface area contributed by atoms with Crippen LogP contribution in [0.3, 0.4) is 0 Å². The van der Waals surface area contributed by atoms with Crippen LogP contribution in [-0.2, 0) is 13.0 Å². The smallest absolute Gasteiger partial charge is 0.326 e. The van der Waals surface area contributed by atoms with Crippen LogP contribution in [0.25, 0.3) is 0 Å². The Hall–Kier alpha value is -1.03. The number of rotatable bonds is 2. The highest BCUT2D eigenvalue weighted by Gasteiger charge is 2.27. The molecule has 0 atom stereocenters. The highest BCUT2D eigenvalue weighted by Crippen LogP contribution is 2.21. The molecule has 0 heterocycles. The molecule has 13 heavy (non-hydrogen) atoms. The van der Waals surface area contributed by atoms with Crippen LogP contribution in [0.15, 0.2) is 24.3 Å². The van der Waals surface area contributed by atoms with Gasteiger partial charge in [-0.15, -0.1) is 0 Å². The zero-order valence-corrected chi connectivity index (χ0v) is 6.93. The molecule has 1 rings (SSSR count). The van der Waals surface area contributed by atoms with Gasteiger partial charge in [0.05, 0.1) is 6.42 Å². The number of benzene rings is 1. The normalized spacial score (nSPS) is 11.7. The zero-order valence-electron chi connectivity index (χ0n) is 6.93. The topological polar surface area (TPSA) is 26.0 Å². The molecule has 0 fully saturated rings. The fraction of sp³-hybridized carbons (Fsp3) is 0.333. The van der Waals surface area contributed by atoms with E-state index in [0.717, 1.165) is 5.56 Å². The van der Waals surface area contributed by atoms with Gasteiger partial charge in [0.15, 0.2) is 0 Å². The Morgan fingerprint density at radius 1 is 1.15 bits per heavy atom. The molecule has 1 aromatic carbocycles. The number of alkyl halides is 3. The van der Waals surface area contributed by atoms with E-state index in [2.05, 4.69) is 0 Å². The van der Waals surface area contributed by atoms with E-state index in [1.54, 1.807) is 12.1 Å². The molecule has 0 radical (unpaired) electrons. The Labute approximate surface area is 74.4 Å². The van der Waals surface area contributed by atoms with E-state index >= 15 is 0 Å². The Kier molecular flexibility index (Phi) is 2.93. The van der Waals surface area contributed by atoms with E-state index in [9.17, 15) is 13.2 Å². The second-order valence-electron chi connectivity index (χ2n) is 2.82. The first-order valence-electron chi connectivity index (χ1n) is 3.86. The zero-order chi connectivity index (χ0) is 9.90. The molecule has 0 aliphatic carbocycles. The molecule has 0 aliphatic heterocycles. The summed E-state index contributed by atoms with van der Waals surface area (Å²) < 4.78 is 35.8. The first kappa shape index (κ1) is 10.1. The summed E-state index contributed by atoms with van der Waals surface area (Å²) in [5.41, 5.74) is 6.28. The van der Waals surface area contributed by atoms with Crippen LogP contribution < -0.4 is 5.73 Å². The van der Waals surface area contributed by atoms with Gasteiger partial charge in [-0.25, -0.2) is 0 Å². The molecule has 4 heteroatoms. The molecule has 0 bridgehead atoms. The molecule has 72 valence electrons. The van der Waals surface area contributed by atoms with Gasteiger partial charge in [-0.05, 0) is 11.1 Å². The fourth-order valence-electron chi connectivity index (χ4n) is 1.10. The van der Waals surface area contributed by atoms with Gasteiger partial charge in [0.25, 0.3) is 0 Å². The van der Waals surface area contributed by atoms with Crippen molar-refractivity contribution in [2.24, 2.45) is 5.73 Å². The van der Waals surface area contributed by atoms with Crippen LogP contribution in [0.4, 0.5) is 13.2 Å². The maximum absolute atomic E-state index is 11.9. The summed E-state index contributed by atoms with van der Waals surface area (Å²) in [7, 11) is 0. The molecule has 0 aliphatic rings. The molecule has 0 unspecified atom stereocenters. The van der Waals surface area contributed by atoms with E-state index in [1.807, 2.05) is 0 Å². The number of hydrogen-bond donors (Lipinski definition) is 1. The van der Waals surface area contributed by atoms with Crippen LogP contribution in [0.5, 0.6) is 0 Å². The summed E-state index contributed by atoms with van der Waals surface area (Å²) in [6.45, 7) is 0.270. The lowest BCUT2D eigenvalue weighted by atomic mass is 10.1. The standard InChI is InChI=1S/C9H10F3N/c10-9(11,12)5-7-2-1-3-8(4-7)6-13/h1-4H,5-6,13H2. The minimum absolute atomic E-state index is 0.260. The van der Waals surface area contributed by atoms with E-state index in [0.29, 0.717) is 0 Å². The van der Waals surface area contributed by atoms with Crippen molar-refractivity contribution in [1.29, 1.82) is 0 Å². The Morgan fingerprint density at radius 3 is 2.31 bits per heavy atom. The molecule has 1 nitrogen and oxygen atoms in total. The average Bonchev–Trinajstić information content (AvgIpc) is 2.01. The van der Waals surface area contributed by atoms with Crippen LogP contribution in [-0.4, -0.2) is 6.18 Å². The monoisotopic (exact) mass is 189 g/mol. The van der Waals surface area contributed by atoms with E-state index in [4.69, 9.17) is 5.73 Å². The Balaban J connectivity index is 2.78.